The van der Waals surface area contributed by atoms with Gasteiger partial charge >= 0.3 is 0 Å². The van der Waals surface area contributed by atoms with Crippen LogP contribution >= 0.6 is 0 Å². The minimum Gasteiger partial charge on any atom is -0.341 e. The van der Waals surface area contributed by atoms with Crippen LogP contribution in [0.25, 0.3) is 0 Å². The van der Waals surface area contributed by atoms with E-state index in [0.717, 1.165) is 25.2 Å². The van der Waals surface area contributed by atoms with Crippen molar-refractivity contribution in [2.45, 2.75) is 57.0 Å². The number of aromatic nitrogens is 2. The first kappa shape index (κ1) is 19.6. The van der Waals surface area contributed by atoms with Gasteiger partial charge in [-0.25, -0.2) is 18.4 Å². The molecule has 0 unspecified atom stereocenters. The summed E-state index contributed by atoms with van der Waals surface area (Å²) < 4.78 is 25.7. The van der Waals surface area contributed by atoms with Gasteiger partial charge in [0.15, 0.2) is 9.84 Å². The highest BCUT2D eigenvalue weighted by Crippen LogP contribution is 2.40. The molecule has 3 atom stereocenters. The van der Waals surface area contributed by atoms with Gasteiger partial charge in [0.25, 0.3) is 0 Å². The molecule has 0 bridgehead atoms. The van der Waals surface area contributed by atoms with E-state index in [-0.39, 0.29) is 30.0 Å². The second-order valence-electron chi connectivity index (χ2n) is 9.12. The number of carbonyl (C=O) groups excluding carboxylic acids is 1. The molecule has 7 nitrogen and oxygen atoms in total. The lowest BCUT2D eigenvalue weighted by Crippen LogP contribution is -2.38. The lowest BCUT2D eigenvalue weighted by molar-refractivity contribution is -0.130. The summed E-state index contributed by atoms with van der Waals surface area (Å²) in [5.41, 5.74) is 1.54. The summed E-state index contributed by atoms with van der Waals surface area (Å²) in [6.45, 7) is 8.85. The number of hydrogen-bond donors (Lipinski definition) is 0. The zero-order chi connectivity index (χ0) is 20.1. The fraction of sp³-hybridized carbons (Fsp3) is 0.750. The Bertz CT molecular complexity index is 870. The molecule has 4 rings (SSSR count). The number of piperidine rings is 1. The van der Waals surface area contributed by atoms with Crippen LogP contribution in [0, 0.1) is 11.8 Å². The van der Waals surface area contributed by atoms with Gasteiger partial charge in [-0.2, -0.15) is 0 Å². The van der Waals surface area contributed by atoms with Gasteiger partial charge in [0.05, 0.1) is 16.7 Å². The predicted molar refractivity (Wildman–Crippen MR) is 108 cm³/mol. The van der Waals surface area contributed by atoms with Gasteiger partial charge in [-0.1, -0.05) is 20.8 Å². The molecule has 3 aliphatic rings. The monoisotopic (exact) mass is 406 g/mol. The Kier molecular flexibility index (Phi) is 5.10. The summed E-state index contributed by atoms with van der Waals surface area (Å²) in [6.07, 6.45) is 4.49. The van der Waals surface area contributed by atoms with Crippen molar-refractivity contribution < 1.29 is 13.2 Å². The Morgan fingerprint density at radius 2 is 2.07 bits per heavy atom. The summed E-state index contributed by atoms with van der Waals surface area (Å²) in [5.74, 6) is 1.35. The van der Waals surface area contributed by atoms with Gasteiger partial charge in [0, 0.05) is 50.3 Å². The van der Waals surface area contributed by atoms with Crippen molar-refractivity contribution in [3.8, 4) is 0 Å². The van der Waals surface area contributed by atoms with E-state index in [1.54, 1.807) is 11.1 Å². The number of hydrogen-bond acceptors (Lipinski definition) is 6. The van der Waals surface area contributed by atoms with E-state index in [9.17, 15) is 13.2 Å². The van der Waals surface area contributed by atoms with Gasteiger partial charge in [-0.3, -0.25) is 4.79 Å². The van der Waals surface area contributed by atoms with Crippen molar-refractivity contribution in [1.82, 2.24) is 14.9 Å². The minimum absolute atomic E-state index is 0.0214. The van der Waals surface area contributed by atoms with E-state index in [1.807, 2.05) is 13.8 Å². The molecular weight excluding hydrogens is 376 g/mol. The van der Waals surface area contributed by atoms with Gasteiger partial charge in [0.1, 0.15) is 0 Å². The molecule has 0 aromatic carbocycles. The van der Waals surface area contributed by atoms with Crippen LogP contribution < -0.4 is 4.90 Å². The Morgan fingerprint density at radius 1 is 1.29 bits per heavy atom. The van der Waals surface area contributed by atoms with Crippen LogP contribution in [0.1, 0.15) is 57.2 Å². The molecule has 0 saturated carbocycles. The van der Waals surface area contributed by atoms with Crippen LogP contribution in [0.4, 0.5) is 5.95 Å². The van der Waals surface area contributed by atoms with Crippen LogP contribution in [0.15, 0.2) is 6.20 Å². The summed E-state index contributed by atoms with van der Waals surface area (Å²) in [7, 11) is -3.30. The Balaban J connectivity index is 1.64. The molecule has 0 spiro atoms. The SMILES string of the molecule is CC(C)CC(=O)N1C[C@@H]2c3nc(N4CCC[C@H](C)C4)ncc3CS(=O)(=O)[C@@H]2C1. The second kappa shape index (κ2) is 7.28. The van der Waals surface area contributed by atoms with Crippen molar-refractivity contribution in [3.05, 3.63) is 17.5 Å². The van der Waals surface area contributed by atoms with E-state index in [4.69, 9.17) is 4.98 Å². The maximum absolute atomic E-state index is 12.8. The number of anilines is 1. The number of sulfone groups is 1. The third-order valence-corrected chi connectivity index (χ3v) is 8.31. The number of likely N-dealkylation sites (tertiary alicyclic amines) is 1. The second-order valence-corrected chi connectivity index (χ2v) is 11.3. The molecule has 154 valence electrons. The molecule has 28 heavy (non-hydrogen) atoms. The third-order valence-electron chi connectivity index (χ3n) is 6.20. The molecule has 0 radical (unpaired) electrons. The fourth-order valence-corrected chi connectivity index (χ4v) is 6.76. The first-order chi connectivity index (χ1) is 13.2. The highest BCUT2D eigenvalue weighted by molar-refractivity contribution is 7.91. The number of carbonyl (C=O) groups is 1. The fourth-order valence-electron chi connectivity index (χ4n) is 4.77. The van der Waals surface area contributed by atoms with E-state index >= 15 is 0 Å². The molecule has 0 aliphatic carbocycles. The van der Waals surface area contributed by atoms with E-state index in [1.165, 1.54) is 6.42 Å². The van der Waals surface area contributed by atoms with E-state index in [0.29, 0.717) is 30.4 Å². The summed E-state index contributed by atoms with van der Waals surface area (Å²) in [4.78, 5) is 25.8. The van der Waals surface area contributed by atoms with Gasteiger partial charge in [-0.05, 0) is 24.7 Å². The van der Waals surface area contributed by atoms with Gasteiger partial charge in [0.2, 0.25) is 11.9 Å². The maximum atomic E-state index is 12.8. The molecular formula is C20H30N4O3S. The first-order valence-corrected chi connectivity index (χ1v) is 12.1. The summed E-state index contributed by atoms with van der Waals surface area (Å²) >= 11 is 0. The molecule has 2 saturated heterocycles. The number of nitrogens with zero attached hydrogens (tertiary/aromatic N) is 4. The van der Waals surface area contributed by atoms with Crippen molar-refractivity contribution in [3.63, 3.8) is 0 Å². The number of rotatable bonds is 3. The molecule has 2 fully saturated rings. The minimum atomic E-state index is -3.30. The molecule has 8 heteroatoms. The number of fused-ring (bicyclic) bond motifs is 3. The standard InChI is InChI=1S/C20H30N4O3S/c1-13(2)7-18(25)24-10-16-17(11-24)28(26,27)12-15-8-21-20(22-19(15)16)23-6-4-5-14(3)9-23/h8,13-14,16-17H,4-7,9-12H2,1-3H3/t14-,16-,17+/m0/s1. The van der Waals surface area contributed by atoms with Crippen LogP contribution in [-0.4, -0.2) is 60.6 Å². The molecule has 1 amide bonds. The van der Waals surface area contributed by atoms with Crippen molar-refractivity contribution >= 4 is 21.7 Å². The van der Waals surface area contributed by atoms with E-state index in [2.05, 4.69) is 16.8 Å². The zero-order valence-corrected chi connectivity index (χ0v) is 17.8. The van der Waals surface area contributed by atoms with Gasteiger partial charge < -0.3 is 9.80 Å². The largest absolute Gasteiger partial charge is 0.341 e. The smallest absolute Gasteiger partial charge is 0.225 e. The summed E-state index contributed by atoms with van der Waals surface area (Å²) in [5, 5.41) is -0.542. The molecule has 0 N–H and O–H groups in total. The Labute approximate surface area is 167 Å². The van der Waals surface area contributed by atoms with Crippen molar-refractivity contribution in [2.24, 2.45) is 11.8 Å². The van der Waals surface area contributed by atoms with E-state index < -0.39 is 15.1 Å². The van der Waals surface area contributed by atoms with Crippen LogP contribution in [-0.2, 0) is 20.4 Å². The third kappa shape index (κ3) is 3.63. The van der Waals surface area contributed by atoms with Crippen LogP contribution in [0.3, 0.4) is 0 Å². The Morgan fingerprint density at radius 3 is 2.79 bits per heavy atom. The molecule has 3 aliphatic heterocycles. The first-order valence-electron chi connectivity index (χ1n) is 10.3. The highest BCUT2D eigenvalue weighted by Gasteiger charge is 2.48. The van der Waals surface area contributed by atoms with Crippen molar-refractivity contribution in [1.29, 1.82) is 0 Å². The predicted octanol–water partition coefficient (Wildman–Crippen LogP) is 1.98. The maximum Gasteiger partial charge on any atom is 0.225 e. The molecule has 4 heterocycles. The van der Waals surface area contributed by atoms with Crippen LogP contribution in [0.2, 0.25) is 0 Å². The van der Waals surface area contributed by atoms with Crippen molar-refractivity contribution in [2.75, 3.05) is 31.1 Å². The zero-order valence-electron chi connectivity index (χ0n) is 17.0. The lowest BCUT2D eigenvalue weighted by Gasteiger charge is -2.32. The average molecular weight is 407 g/mol. The topological polar surface area (TPSA) is 83.5 Å². The number of amides is 1. The normalized spacial score (nSPS) is 28.9. The molecule has 1 aromatic heterocycles. The summed E-state index contributed by atoms with van der Waals surface area (Å²) in [6, 6.07) is 0. The Hall–Kier alpha value is -1.70. The highest BCUT2D eigenvalue weighted by atomic mass is 32.2. The lowest BCUT2D eigenvalue weighted by atomic mass is 9.99. The van der Waals surface area contributed by atoms with Gasteiger partial charge in [-0.15, -0.1) is 0 Å². The van der Waals surface area contributed by atoms with Crippen LogP contribution in [0.5, 0.6) is 0 Å². The molecule has 1 aromatic rings. The quantitative estimate of drug-likeness (QED) is 0.763. The average Bonchev–Trinajstić information content (AvgIpc) is 3.08.